The Hall–Kier alpha value is -2.45. The maximum absolute atomic E-state index is 11.8. The number of rotatable bonds is 6. The van der Waals surface area contributed by atoms with Crippen LogP contribution < -0.4 is 10.9 Å². The molecule has 26 heavy (non-hydrogen) atoms. The molecule has 2 aromatic carbocycles. The Bertz CT molecular complexity index is 894. The average molecular weight is 387 g/mol. The largest absolute Gasteiger partial charge is 0.431 e. The zero-order valence-electron chi connectivity index (χ0n) is 14.0. The number of para-hydroxylation sites is 2. The summed E-state index contributed by atoms with van der Waals surface area (Å²) in [4.78, 5) is 29.0. The predicted octanol–water partition coefficient (Wildman–Crippen LogP) is 3.17. The molecule has 0 fully saturated rings. The lowest BCUT2D eigenvalue weighted by Gasteiger charge is -2.07. The molecule has 0 aliphatic carbocycles. The van der Waals surface area contributed by atoms with Crippen molar-refractivity contribution in [2.75, 3.05) is 11.5 Å². The second kappa shape index (κ2) is 8.77. The number of hydrogen-bond acceptors (Lipinski definition) is 6. The molecule has 3 aromatic rings. The zero-order valence-corrected chi connectivity index (χ0v) is 15.7. The van der Waals surface area contributed by atoms with Crippen molar-refractivity contribution in [3.8, 4) is 0 Å². The number of benzene rings is 2. The minimum Gasteiger partial charge on any atom is -0.431 e. The van der Waals surface area contributed by atoms with E-state index < -0.39 is 0 Å². The number of thioether (sulfide) groups is 2. The molecule has 1 aromatic heterocycles. The lowest BCUT2D eigenvalue weighted by atomic mass is 10.2. The molecular formula is C18H17N3O3S2. The lowest BCUT2D eigenvalue weighted by molar-refractivity contribution is -0.126. The number of carbonyl (C=O) groups excluding carboxylic acids is 2. The van der Waals surface area contributed by atoms with E-state index in [0.29, 0.717) is 10.8 Å². The van der Waals surface area contributed by atoms with Crippen LogP contribution in [-0.4, -0.2) is 28.3 Å². The molecule has 2 N–H and O–H groups in total. The fourth-order valence-corrected chi connectivity index (χ4v) is 3.58. The standard InChI is InChI=1S/C18H17N3O3S2/c1-12-6-2-5-9-15(12)25-10-16(22)20-21-17(23)11-26-18-19-13-7-3-4-8-14(13)24-18/h2-9H,10-11H2,1H3,(H,20,22)(H,21,23). The lowest BCUT2D eigenvalue weighted by Crippen LogP contribution is -2.43. The SMILES string of the molecule is Cc1ccccc1SCC(=O)NNC(=O)CSc1nc2ccccc2o1. The van der Waals surface area contributed by atoms with Crippen molar-refractivity contribution in [1.82, 2.24) is 15.8 Å². The summed E-state index contributed by atoms with van der Waals surface area (Å²) in [6, 6.07) is 15.2. The van der Waals surface area contributed by atoms with Crippen LogP contribution >= 0.6 is 23.5 Å². The molecule has 0 unspecified atom stereocenters. The predicted molar refractivity (Wildman–Crippen MR) is 103 cm³/mol. The van der Waals surface area contributed by atoms with Gasteiger partial charge in [-0.25, -0.2) is 4.98 Å². The second-order valence-corrected chi connectivity index (χ2v) is 7.33. The summed E-state index contributed by atoms with van der Waals surface area (Å²) < 4.78 is 5.52. The van der Waals surface area contributed by atoms with E-state index in [4.69, 9.17) is 4.42 Å². The molecular weight excluding hydrogens is 370 g/mol. The van der Waals surface area contributed by atoms with E-state index in [-0.39, 0.29) is 23.3 Å². The number of amides is 2. The fourth-order valence-electron chi connectivity index (χ4n) is 2.11. The number of fused-ring (bicyclic) bond motifs is 1. The van der Waals surface area contributed by atoms with Gasteiger partial charge in [-0.05, 0) is 30.7 Å². The molecule has 3 rings (SSSR count). The highest BCUT2D eigenvalue weighted by molar-refractivity contribution is 8.00. The van der Waals surface area contributed by atoms with Gasteiger partial charge in [-0.15, -0.1) is 11.8 Å². The van der Waals surface area contributed by atoms with Gasteiger partial charge in [0.05, 0.1) is 11.5 Å². The highest BCUT2D eigenvalue weighted by Gasteiger charge is 2.10. The van der Waals surface area contributed by atoms with E-state index in [9.17, 15) is 9.59 Å². The van der Waals surface area contributed by atoms with Gasteiger partial charge in [0.1, 0.15) is 5.52 Å². The molecule has 0 saturated heterocycles. The molecule has 0 aliphatic heterocycles. The van der Waals surface area contributed by atoms with Crippen LogP contribution in [0.25, 0.3) is 11.1 Å². The number of nitrogens with one attached hydrogen (secondary N) is 2. The first-order valence-corrected chi connectivity index (χ1v) is 9.83. The molecule has 2 amide bonds. The van der Waals surface area contributed by atoms with Gasteiger partial charge in [0.25, 0.3) is 5.22 Å². The van der Waals surface area contributed by atoms with E-state index in [0.717, 1.165) is 16.0 Å². The second-order valence-electron chi connectivity index (χ2n) is 5.39. The van der Waals surface area contributed by atoms with Crippen molar-refractivity contribution in [1.29, 1.82) is 0 Å². The highest BCUT2D eigenvalue weighted by atomic mass is 32.2. The van der Waals surface area contributed by atoms with E-state index in [2.05, 4.69) is 15.8 Å². The first-order valence-electron chi connectivity index (χ1n) is 7.86. The van der Waals surface area contributed by atoms with Crippen LogP contribution in [0, 0.1) is 6.92 Å². The normalized spacial score (nSPS) is 10.7. The molecule has 8 heteroatoms. The third kappa shape index (κ3) is 5.03. The summed E-state index contributed by atoms with van der Waals surface area (Å²) in [5.74, 6) is -0.272. The quantitative estimate of drug-likeness (QED) is 0.499. The first kappa shape index (κ1) is 18.3. The van der Waals surface area contributed by atoms with E-state index in [1.807, 2.05) is 55.5 Å². The summed E-state index contributed by atoms with van der Waals surface area (Å²) >= 11 is 2.60. The van der Waals surface area contributed by atoms with Crippen molar-refractivity contribution < 1.29 is 14.0 Å². The van der Waals surface area contributed by atoms with Crippen molar-refractivity contribution in [3.05, 3.63) is 54.1 Å². The first-order chi connectivity index (χ1) is 12.6. The number of carbonyl (C=O) groups is 2. The Kier molecular flexibility index (Phi) is 6.19. The highest BCUT2D eigenvalue weighted by Crippen LogP contribution is 2.23. The third-order valence-electron chi connectivity index (χ3n) is 3.39. The van der Waals surface area contributed by atoms with Gasteiger partial charge in [-0.1, -0.05) is 42.1 Å². The Morgan fingerprint density at radius 2 is 1.62 bits per heavy atom. The van der Waals surface area contributed by atoms with E-state index in [1.165, 1.54) is 23.5 Å². The molecule has 1 heterocycles. The molecule has 0 bridgehead atoms. The zero-order chi connectivity index (χ0) is 18.4. The number of nitrogens with zero attached hydrogens (tertiary/aromatic N) is 1. The number of aryl methyl sites for hydroxylation is 1. The van der Waals surface area contributed by atoms with Crippen molar-refractivity contribution in [3.63, 3.8) is 0 Å². The summed E-state index contributed by atoms with van der Waals surface area (Å²) in [5, 5.41) is 0.419. The number of aromatic nitrogens is 1. The maximum Gasteiger partial charge on any atom is 0.257 e. The molecule has 6 nitrogen and oxygen atoms in total. The fraction of sp³-hybridized carbons (Fsp3) is 0.167. The average Bonchev–Trinajstić information content (AvgIpc) is 3.07. The van der Waals surface area contributed by atoms with Crippen molar-refractivity contribution >= 4 is 46.4 Å². The number of oxazole rings is 1. The van der Waals surface area contributed by atoms with Gasteiger partial charge in [0.15, 0.2) is 5.58 Å². The van der Waals surface area contributed by atoms with Gasteiger partial charge in [-0.3, -0.25) is 20.4 Å². The molecule has 0 aliphatic rings. The summed E-state index contributed by atoms with van der Waals surface area (Å²) in [6.45, 7) is 1.99. The van der Waals surface area contributed by atoms with Gasteiger partial charge in [-0.2, -0.15) is 0 Å². The van der Waals surface area contributed by atoms with Crippen molar-refractivity contribution in [2.24, 2.45) is 0 Å². The van der Waals surface area contributed by atoms with Crippen LogP contribution in [0.3, 0.4) is 0 Å². The minimum absolute atomic E-state index is 0.0953. The van der Waals surface area contributed by atoms with Gasteiger partial charge in [0, 0.05) is 4.90 Å². The van der Waals surface area contributed by atoms with Crippen LogP contribution in [0.2, 0.25) is 0 Å². The molecule has 0 atom stereocenters. The summed E-state index contributed by atoms with van der Waals surface area (Å²) in [5.41, 5.74) is 7.35. The van der Waals surface area contributed by atoms with Gasteiger partial charge < -0.3 is 4.42 Å². The molecule has 134 valence electrons. The Balaban J connectivity index is 1.39. The third-order valence-corrected chi connectivity index (χ3v) is 5.40. The molecule has 0 saturated carbocycles. The molecule has 0 radical (unpaired) electrons. The van der Waals surface area contributed by atoms with E-state index in [1.54, 1.807) is 0 Å². The summed E-state index contributed by atoms with van der Waals surface area (Å²) in [6.07, 6.45) is 0. The Labute approximate surface area is 159 Å². The van der Waals surface area contributed by atoms with Crippen LogP contribution in [0.15, 0.2) is 63.1 Å². The smallest absolute Gasteiger partial charge is 0.257 e. The molecule has 0 spiro atoms. The van der Waals surface area contributed by atoms with Crippen LogP contribution in [0.1, 0.15) is 5.56 Å². The van der Waals surface area contributed by atoms with Crippen LogP contribution in [0.4, 0.5) is 0 Å². The van der Waals surface area contributed by atoms with Gasteiger partial charge >= 0.3 is 0 Å². The van der Waals surface area contributed by atoms with Crippen LogP contribution in [0.5, 0.6) is 0 Å². The topological polar surface area (TPSA) is 84.2 Å². The Morgan fingerprint density at radius 1 is 0.962 bits per heavy atom. The number of hydrogen-bond donors (Lipinski definition) is 2. The van der Waals surface area contributed by atoms with E-state index >= 15 is 0 Å². The Morgan fingerprint density at radius 3 is 2.35 bits per heavy atom. The minimum atomic E-state index is -0.327. The monoisotopic (exact) mass is 387 g/mol. The maximum atomic E-state index is 11.8. The van der Waals surface area contributed by atoms with Crippen LogP contribution in [-0.2, 0) is 9.59 Å². The van der Waals surface area contributed by atoms with Gasteiger partial charge in [0.2, 0.25) is 11.8 Å². The number of hydrazine groups is 1. The van der Waals surface area contributed by atoms with Crippen molar-refractivity contribution in [2.45, 2.75) is 17.0 Å². The summed E-state index contributed by atoms with van der Waals surface area (Å²) in [7, 11) is 0.